The van der Waals surface area contributed by atoms with E-state index in [9.17, 15) is 5.26 Å². The van der Waals surface area contributed by atoms with Crippen molar-refractivity contribution in [2.75, 3.05) is 6.54 Å². The Kier molecular flexibility index (Phi) is 4.23. The van der Waals surface area contributed by atoms with Gasteiger partial charge in [-0.15, -0.1) is 0 Å². The molecule has 0 amide bonds. The maximum atomic E-state index is 9.26. The summed E-state index contributed by atoms with van der Waals surface area (Å²) in [6, 6.07) is 3.45. The van der Waals surface area contributed by atoms with E-state index < -0.39 is 0 Å². The fraction of sp³-hybridized carbons (Fsp3) is 0.929. The molecule has 0 N–H and O–H groups in total. The molecule has 1 saturated heterocycles. The first-order valence-corrected chi connectivity index (χ1v) is 7.02. The summed E-state index contributed by atoms with van der Waals surface area (Å²) in [5.74, 6) is 0.850. The van der Waals surface area contributed by atoms with Crippen molar-refractivity contribution < 1.29 is 0 Å². The molecule has 2 fully saturated rings. The smallest absolute Gasteiger partial charge is 0.0980 e. The topological polar surface area (TPSA) is 27.0 Å². The normalized spacial score (nSPS) is 36.9. The van der Waals surface area contributed by atoms with Gasteiger partial charge in [0.05, 0.1) is 12.1 Å². The number of hydrogen-bond donors (Lipinski definition) is 0. The molecule has 1 saturated carbocycles. The predicted octanol–water partition coefficient (Wildman–Crippen LogP) is 3.33. The van der Waals surface area contributed by atoms with Crippen LogP contribution in [-0.4, -0.2) is 23.5 Å². The molecular weight excluding hydrogens is 196 g/mol. The fourth-order valence-corrected chi connectivity index (χ4v) is 3.59. The zero-order valence-electron chi connectivity index (χ0n) is 10.5. The second kappa shape index (κ2) is 5.68. The SMILES string of the molecule is CCC1CCCCC1N1CCCCC1C#N. The molecule has 0 aromatic rings. The maximum Gasteiger partial charge on any atom is 0.0980 e. The molecule has 1 aliphatic heterocycles. The predicted molar refractivity (Wildman–Crippen MR) is 66.0 cm³/mol. The molecule has 2 rings (SSSR count). The Labute approximate surface area is 99.6 Å². The van der Waals surface area contributed by atoms with Gasteiger partial charge >= 0.3 is 0 Å². The average Bonchev–Trinajstić information content (AvgIpc) is 2.38. The lowest BCUT2D eigenvalue weighted by Crippen LogP contribution is -2.49. The van der Waals surface area contributed by atoms with Crippen molar-refractivity contribution in [2.45, 2.75) is 70.4 Å². The summed E-state index contributed by atoms with van der Waals surface area (Å²) in [6.45, 7) is 3.48. The number of nitrogens with zero attached hydrogens (tertiary/aromatic N) is 2. The molecule has 3 unspecified atom stereocenters. The second-order valence-corrected chi connectivity index (χ2v) is 5.40. The number of likely N-dealkylation sites (tertiary alicyclic amines) is 1. The third-order valence-electron chi connectivity index (χ3n) is 4.51. The molecule has 1 heterocycles. The van der Waals surface area contributed by atoms with Gasteiger partial charge in [-0.1, -0.05) is 26.2 Å². The number of piperidine rings is 1. The highest BCUT2D eigenvalue weighted by Crippen LogP contribution is 2.33. The van der Waals surface area contributed by atoms with Crippen LogP contribution in [0.15, 0.2) is 0 Å². The summed E-state index contributed by atoms with van der Waals surface area (Å²) in [7, 11) is 0. The molecule has 90 valence electrons. The summed E-state index contributed by atoms with van der Waals surface area (Å²) >= 11 is 0. The van der Waals surface area contributed by atoms with E-state index >= 15 is 0 Å². The van der Waals surface area contributed by atoms with E-state index in [4.69, 9.17) is 0 Å². The first kappa shape index (κ1) is 11.9. The van der Waals surface area contributed by atoms with Crippen molar-refractivity contribution in [3.05, 3.63) is 0 Å². The van der Waals surface area contributed by atoms with Crippen molar-refractivity contribution >= 4 is 0 Å². The third-order valence-corrected chi connectivity index (χ3v) is 4.51. The molecule has 0 aromatic carbocycles. The van der Waals surface area contributed by atoms with Crippen LogP contribution in [0.3, 0.4) is 0 Å². The van der Waals surface area contributed by atoms with Gasteiger partial charge in [-0.25, -0.2) is 0 Å². The van der Waals surface area contributed by atoms with Gasteiger partial charge in [-0.3, -0.25) is 4.90 Å². The molecule has 0 spiro atoms. The Balaban J connectivity index is 2.05. The highest BCUT2D eigenvalue weighted by atomic mass is 15.2. The van der Waals surface area contributed by atoms with Gasteiger partial charge in [-0.2, -0.15) is 5.26 Å². The number of rotatable bonds is 2. The van der Waals surface area contributed by atoms with Gasteiger partial charge in [-0.05, 0) is 44.6 Å². The summed E-state index contributed by atoms with van der Waals surface area (Å²) < 4.78 is 0. The molecular formula is C14H24N2. The van der Waals surface area contributed by atoms with Crippen LogP contribution in [-0.2, 0) is 0 Å². The van der Waals surface area contributed by atoms with Crippen molar-refractivity contribution in [1.82, 2.24) is 4.90 Å². The molecule has 3 atom stereocenters. The lowest BCUT2D eigenvalue weighted by Gasteiger charge is -2.44. The van der Waals surface area contributed by atoms with Crippen LogP contribution in [0, 0.1) is 17.2 Å². The van der Waals surface area contributed by atoms with E-state index in [0.29, 0.717) is 6.04 Å². The maximum absolute atomic E-state index is 9.26. The standard InChI is InChI=1S/C14H24N2/c1-2-12-7-3-4-9-14(12)16-10-6-5-8-13(16)11-15/h12-14H,2-10H2,1H3. The largest absolute Gasteiger partial charge is 0.285 e. The second-order valence-electron chi connectivity index (χ2n) is 5.40. The minimum absolute atomic E-state index is 0.214. The monoisotopic (exact) mass is 220 g/mol. The van der Waals surface area contributed by atoms with Crippen LogP contribution in [0.25, 0.3) is 0 Å². The first-order chi connectivity index (χ1) is 7.86. The molecule has 0 radical (unpaired) electrons. The Morgan fingerprint density at radius 1 is 1.12 bits per heavy atom. The number of hydrogen-bond acceptors (Lipinski definition) is 2. The Morgan fingerprint density at radius 3 is 2.62 bits per heavy atom. The minimum atomic E-state index is 0.214. The van der Waals surface area contributed by atoms with E-state index in [1.54, 1.807) is 0 Å². The zero-order valence-corrected chi connectivity index (χ0v) is 10.5. The van der Waals surface area contributed by atoms with Crippen molar-refractivity contribution in [2.24, 2.45) is 5.92 Å². The molecule has 2 heteroatoms. The average molecular weight is 220 g/mol. The minimum Gasteiger partial charge on any atom is -0.285 e. The van der Waals surface area contributed by atoms with E-state index in [-0.39, 0.29) is 6.04 Å². The summed E-state index contributed by atoms with van der Waals surface area (Å²) in [5, 5.41) is 9.26. The van der Waals surface area contributed by atoms with E-state index in [0.717, 1.165) is 12.3 Å². The van der Waals surface area contributed by atoms with Crippen LogP contribution < -0.4 is 0 Å². The number of nitriles is 1. The zero-order chi connectivity index (χ0) is 11.4. The Hall–Kier alpha value is -0.550. The highest BCUT2D eigenvalue weighted by Gasteiger charge is 2.34. The lowest BCUT2D eigenvalue weighted by molar-refractivity contribution is 0.0581. The molecule has 1 aliphatic carbocycles. The van der Waals surface area contributed by atoms with Gasteiger partial charge in [0.1, 0.15) is 0 Å². The van der Waals surface area contributed by atoms with Crippen molar-refractivity contribution in [1.29, 1.82) is 5.26 Å². The van der Waals surface area contributed by atoms with Crippen LogP contribution in [0.4, 0.5) is 0 Å². The molecule has 16 heavy (non-hydrogen) atoms. The van der Waals surface area contributed by atoms with E-state index in [2.05, 4.69) is 17.9 Å². The van der Waals surface area contributed by atoms with Gasteiger partial charge < -0.3 is 0 Å². The molecule has 0 aromatic heterocycles. The van der Waals surface area contributed by atoms with Gasteiger partial charge in [0, 0.05) is 6.04 Å². The third kappa shape index (κ3) is 2.40. The van der Waals surface area contributed by atoms with Crippen LogP contribution in [0.2, 0.25) is 0 Å². The van der Waals surface area contributed by atoms with Crippen molar-refractivity contribution in [3.63, 3.8) is 0 Å². The molecule has 2 aliphatic rings. The van der Waals surface area contributed by atoms with Crippen LogP contribution >= 0.6 is 0 Å². The van der Waals surface area contributed by atoms with Crippen molar-refractivity contribution in [3.8, 4) is 6.07 Å². The Morgan fingerprint density at radius 2 is 1.88 bits per heavy atom. The molecule has 2 nitrogen and oxygen atoms in total. The summed E-state index contributed by atoms with van der Waals surface area (Å²) in [5.41, 5.74) is 0. The highest BCUT2D eigenvalue weighted by molar-refractivity contribution is 4.98. The Bertz CT molecular complexity index is 256. The lowest BCUT2D eigenvalue weighted by atomic mass is 9.80. The van der Waals surface area contributed by atoms with Gasteiger partial charge in [0.25, 0.3) is 0 Å². The van der Waals surface area contributed by atoms with Gasteiger partial charge in [0.2, 0.25) is 0 Å². The molecule has 0 bridgehead atoms. The fourth-order valence-electron chi connectivity index (χ4n) is 3.59. The first-order valence-electron chi connectivity index (χ1n) is 7.02. The van der Waals surface area contributed by atoms with Crippen LogP contribution in [0.1, 0.15) is 58.3 Å². The van der Waals surface area contributed by atoms with Crippen LogP contribution in [0.5, 0.6) is 0 Å². The van der Waals surface area contributed by atoms with E-state index in [1.165, 1.54) is 51.5 Å². The van der Waals surface area contributed by atoms with Gasteiger partial charge in [0.15, 0.2) is 0 Å². The summed E-state index contributed by atoms with van der Waals surface area (Å²) in [6.07, 6.45) is 10.4. The van der Waals surface area contributed by atoms with E-state index in [1.807, 2.05) is 0 Å². The quantitative estimate of drug-likeness (QED) is 0.713. The summed E-state index contributed by atoms with van der Waals surface area (Å²) in [4.78, 5) is 2.54.